The van der Waals surface area contributed by atoms with Crippen LogP contribution in [0.25, 0.3) is 0 Å². The van der Waals surface area contributed by atoms with E-state index in [9.17, 15) is 4.79 Å². The molecule has 0 aliphatic rings. The monoisotopic (exact) mass is 169 g/mol. The molecule has 4 nitrogen and oxygen atoms in total. The van der Waals surface area contributed by atoms with E-state index in [-0.39, 0.29) is 5.76 Å². The van der Waals surface area contributed by atoms with Gasteiger partial charge in [0, 0.05) is 12.1 Å². The maximum atomic E-state index is 10.5. The van der Waals surface area contributed by atoms with Crippen LogP contribution >= 0.6 is 0 Å². The lowest BCUT2D eigenvalue weighted by Gasteiger charge is -1.98. The maximum Gasteiger partial charge on any atom is 0.372 e. The third-order valence-electron chi connectivity index (χ3n) is 1.51. The number of carboxylic acid groups (broad SMARTS) is 1. The molecule has 0 amide bonds. The molecule has 0 aliphatic carbocycles. The van der Waals surface area contributed by atoms with Gasteiger partial charge < -0.3 is 14.8 Å². The van der Waals surface area contributed by atoms with Crippen molar-refractivity contribution in [3.05, 3.63) is 23.7 Å². The van der Waals surface area contributed by atoms with Crippen molar-refractivity contribution in [3.8, 4) is 0 Å². The maximum absolute atomic E-state index is 10.5. The zero-order chi connectivity index (χ0) is 8.97. The predicted octanol–water partition coefficient (Wildman–Crippen LogP) is 1.09. The van der Waals surface area contributed by atoms with Crippen molar-refractivity contribution in [2.75, 3.05) is 6.54 Å². The van der Waals surface area contributed by atoms with Gasteiger partial charge in [-0.1, -0.05) is 6.92 Å². The number of carboxylic acids is 1. The summed E-state index contributed by atoms with van der Waals surface area (Å²) in [5.41, 5.74) is 0.685. The summed E-state index contributed by atoms with van der Waals surface area (Å²) in [5, 5.41) is 11.7. The van der Waals surface area contributed by atoms with Gasteiger partial charge in [0.25, 0.3) is 0 Å². The molecule has 1 aromatic heterocycles. The Kier molecular flexibility index (Phi) is 2.88. The second kappa shape index (κ2) is 3.92. The van der Waals surface area contributed by atoms with Crippen LogP contribution in [0, 0.1) is 0 Å². The molecule has 12 heavy (non-hydrogen) atoms. The molecule has 0 radical (unpaired) electrons. The van der Waals surface area contributed by atoms with E-state index in [1.165, 1.54) is 6.26 Å². The van der Waals surface area contributed by atoms with Gasteiger partial charge in [-0.25, -0.2) is 4.79 Å². The molecule has 4 heteroatoms. The molecule has 1 aromatic rings. The van der Waals surface area contributed by atoms with Gasteiger partial charge in [-0.3, -0.25) is 0 Å². The number of nitrogens with one attached hydrogen (secondary N) is 1. The number of furan rings is 1. The lowest BCUT2D eigenvalue weighted by atomic mass is 10.2. The molecule has 0 aromatic carbocycles. The van der Waals surface area contributed by atoms with Gasteiger partial charge >= 0.3 is 5.97 Å². The first-order valence-electron chi connectivity index (χ1n) is 3.76. The molecule has 1 heterocycles. The lowest BCUT2D eigenvalue weighted by molar-refractivity contribution is 0.0660. The van der Waals surface area contributed by atoms with Gasteiger partial charge in [0.2, 0.25) is 5.76 Å². The summed E-state index contributed by atoms with van der Waals surface area (Å²) in [6, 6.07) is 1.66. The SMILES string of the molecule is CCNCc1ccoc1C(=O)O. The van der Waals surface area contributed by atoms with Crippen LogP contribution in [0.15, 0.2) is 16.7 Å². The van der Waals surface area contributed by atoms with E-state index in [4.69, 9.17) is 9.52 Å². The second-order valence-electron chi connectivity index (χ2n) is 2.36. The Balaban J connectivity index is 2.70. The summed E-state index contributed by atoms with van der Waals surface area (Å²) in [6.07, 6.45) is 1.39. The third kappa shape index (κ3) is 1.85. The van der Waals surface area contributed by atoms with Crippen molar-refractivity contribution in [1.82, 2.24) is 5.32 Å². The van der Waals surface area contributed by atoms with E-state index in [1.54, 1.807) is 6.07 Å². The molecule has 1 rings (SSSR count). The molecule has 0 unspecified atom stereocenters. The van der Waals surface area contributed by atoms with Crippen LogP contribution in [-0.4, -0.2) is 17.6 Å². The van der Waals surface area contributed by atoms with Crippen LogP contribution in [-0.2, 0) is 6.54 Å². The molecule has 2 N–H and O–H groups in total. The Labute approximate surface area is 70.2 Å². The number of carbonyl (C=O) groups is 1. The van der Waals surface area contributed by atoms with Crippen LogP contribution < -0.4 is 5.32 Å². The zero-order valence-corrected chi connectivity index (χ0v) is 6.83. The van der Waals surface area contributed by atoms with E-state index in [2.05, 4.69) is 5.32 Å². The molecule has 0 spiro atoms. The summed E-state index contributed by atoms with van der Waals surface area (Å²) >= 11 is 0. The minimum Gasteiger partial charge on any atom is -0.475 e. The van der Waals surface area contributed by atoms with Gasteiger partial charge in [-0.2, -0.15) is 0 Å². The second-order valence-corrected chi connectivity index (χ2v) is 2.36. The van der Waals surface area contributed by atoms with Crippen LogP contribution in [0.3, 0.4) is 0 Å². The Morgan fingerprint density at radius 3 is 3.08 bits per heavy atom. The number of rotatable bonds is 4. The van der Waals surface area contributed by atoms with Gasteiger partial charge in [0.05, 0.1) is 6.26 Å². The summed E-state index contributed by atoms with van der Waals surface area (Å²) in [5.74, 6) is -0.996. The zero-order valence-electron chi connectivity index (χ0n) is 6.83. The van der Waals surface area contributed by atoms with E-state index < -0.39 is 5.97 Å². The highest BCUT2D eigenvalue weighted by Gasteiger charge is 2.12. The summed E-state index contributed by atoms with van der Waals surface area (Å²) < 4.78 is 4.78. The van der Waals surface area contributed by atoms with E-state index in [1.807, 2.05) is 6.92 Å². The predicted molar refractivity (Wildman–Crippen MR) is 43.0 cm³/mol. The van der Waals surface area contributed by atoms with Gasteiger partial charge in [-0.15, -0.1) is 0 Å². The van der Waals surface area contributed by atoms with E-state index in [0.29, 0.717) is 12.1 Å². The first-order chi connectivity index (χ1) is 5.75. The average molecular weight is 169 g/mol. The fraction of sp³-hybridized carbons (Fsp3) is 0.375. The molecule has 0 bridgehead atoms. The first kappa shape index (κ1) is 8.80. The normalized spacial score (nSPS) is 10.1. The largest absolute Gasteiger partial charge is 0.475 e. The van der Waals surface area contributed by atoms with Crippen molar-refractivity contribution in [2.24, 2.45) is 0 Å². The Morgan fingerprint density at radius 1 is 1.75 bits per heavy atom. The topological polar surface area (TPSA) is 62.5 Å². The Bertz CT molecular complexity index is 267. The van der Waals surface area contributed by atoms with Gasteiger partial charge in [-0.05, 0) is 12.6 Å². The van der Waals surface area contributed by atoms with E-state index in [0.717, 1.165) is 6.54 Å². The van der Waals surface area contributed by atoms with Crippen molar-refractivity contribution < 1.29 is 14.3 Å². The number of aromatic carboxylic acids is 1. The molecular weight excluding hydrogens is 158 g/mol. The van der Waals surface area contributed by atoms with Crippen LogP contribution in [0.2, 0.25) is 0 Å². The molecule has 66 valence electrons. The highest BCUT2D eigenvalue weighted by molar-refractivity contribution is 5.86. The number of hydrogen-bond acceptors (Lipinski definition) is 3. The minimum absolute atomic E-state index is 0.0240. The van der Waals surface area contributed by atoms with Crippen molar-refractivity contribution in [2.45, 2.75) is 13.5 Å². The smallest absolute Gasteiger partial charge is 0.372 e. The molecule has 0 saturated carbocycles. The summed E-state index contributed by atoms with van der Waals surface area (Å²) in [4.78, 5) is 10.5. The van der Waals surface area contributed by atoms with Crippen LogP contribution in [0.1, 0.15) is 23.0 Å². The lowest BCUT2D eigenvalue weighted by Crippen LogP contribution is -2.13. The standard InChI is InChI=1S/C8H11NO3/c1-2-9-5-6-3-4-12-7(6)8(10)11/h3-4,9H,2,5H2,1H3,(H,10,11). The number of hydrogen-bond donors (Lipinski definition) is 2. The van der Waals surface area contributed by atoms with Gasteiger partial charge in [0.1, 0.15) is 0 Å². The quantitative estimate of drug-likeness (QED) is 0.708. The average Bonchev–Trinajstić information content (AvgIpc) is 2.48. The van der Waals surface area contributed by atoms with Crippen molar-refractivity contribution in [3.63, 3.8) is 0 Å². The fourth-order valence-corrected chi connectivity index (χ4v) is 0.922. The van der Waals surface area contributed by atoms with Crippen molar-refractivity contribution >= 4 is 5.97 Å². The third-order valence-corrected chi connectivity index (χ3v) is 1.51. The minimum atomic E-state index is -1.02. The van der Waals surface area contributed by atoms with Gasteiger partial charge in [0.15, 0.2) is 0 Å². The van der Waals surface area contributed by atoms with Crippen LogP contribution in [0.5, 0.6) is 0 Å². The highest BCUT2D eigenvalue weighted by atomic mass is 16.4. The van der Waals surface area contributed by atoms with Crippen LogP contribution in [0.4, 0.5) is 0 Å². The first-order valence-corrected chi connectivity index (χ1v) is 3.76. The highest BCUT2D eigenvalue weighted by Crippen LogP contribution is 2.09. The molecule has 0 saturated heterocycles. The van der Waals surface area contributed by atoms with Crippen molar-refractivity contribution in [1.29, 1.82) is 0 Å². The fourth-order valence-electron chi connectivity index (χ4n) is 0.922. The molecule has 0 aliphatic heterocycles. The summed E-state index contributed by atoms with van der Waals surface area (Å²) in [7, 11) is 0. The Hall–Kier alpha value is -1.29. The Morgan fingerprint density at radius 2 is 2.50 bits per heavy atom. The summed E-state index contributed by atoms with van der Waals surface area (Å²) in [6.45, 7) is 3.30. The molecule has 0 atom stereocenters. The molecular formula is C8H11NO3. The molecule has 0 fully saturated rings. The van der Waals surface area contributed by atoms with E-state index >= 15 is 0 Å².